The lowest BCUT2D eigenvalue weighted by molar-refractivity contribution is -0.137. The largest absolute Gasteiger partial charge is 0.416 e. The quantitative estimate of drug-likeness (QED) is 0.477. The van der Waals surface area contributed by atoms with Gasteiger partial charge in [-0.25, -0.2) is 0 Å². The Morgan fingerprint density at radius 1 is 1.13 bits per heavy atom. The van der Waals surface area contributed by atoms with E-state index in [4.69, 9.17) is 11.6 Å². The molecule has 0 unspecified atom stereocenters. The third-order valence-corrected chi connectivity index (χ3v) is 3.53. The number of allylic oxidation sites excluding steroid dienone is 1. The number of alkyl halides is 3. The topological polar surface area (TPSA) is 24.4 Å². The molecule has 1 N–H and O–H groups in total. The summed E-state index contributed by atoms with van der Waals surface area (Å²) in [6, 6.07) is 12.5. The summed E-state index contributed by atoms with van der Waals surface area (Å²) in [5.41, 5.74) is 2.76. The summed E-state index contributed by atoms with van der Waals surface area (Å²) in [5, 5.41) is 4.03. The van der Waals surface area contributed by atoms with Crippen molar-refractivity contribution in [3.8, 4) is 0 Å². The van der Waals surface area contributed by atoms with Crippen LogP contribution in [0.15, 0.2) is 58.1 Å². The molecule has 0 aliphatic carbocycles. The van der Waals surface area contributed by atoms with Gasteiger partial charge in [0.25, 0.3) is 0 Å². The minimum Gasteiger partial charge on any atom is -0.277 e. The monoisotopic (exact) mass is 402 g/mol. The fourth-order valence-corrected chi connectivity index (χ4v) is 2.22. The van der Waals surface area contributed by atoms with Crippen molar-refractivity contribution in [2.75, 3.05) is 5.43 Å². The van der Waals surface area contributed by atoms with Crippen LogP contribution in [-0.2, 0) is 6.18 Å². The summed E-state index contributed by atoms with van der Waals surface area (Å²) < 4.78 is 38.7. The van der Waals surface area contributed by atoms with Crippen molar-refractivity contribution in [3.63, 3.8) is 0 Å². The Balaban J connectivity index is 2.10. The Morgan fingerprint density at radius 2 is 1.83 bits per heavy atom. The van der Waals surface area contributed by atoms with Gasteiger partial charge < -0.3 is 0 Å². The summed E-state index contributed by atoms with van der Waals surface area (Å²) in [7, 11) is 0. The molecule has 2 rings (SSSR count). The van der Waals surface area contributed by atoms with Gasteiger partial charge in [0.15, 0.2) is 0 Å². The standard InChI is InChI=1S/C16H11BrClF3N2/c17-13(8-11-4-2-1-3-5-11)10-22-23-15-9-12(16(19,20)21)6-7-14(15)18/h1-10,23H. The van der Waals surface area contributed by atoms with E-state index in [-0.39, 0.29) is 10.7 Å². The fourth-order valence-electron chi connectivity index (χ4n) is 1.70. The average molecular weight is 404 g/mol. The first kappa shape index (κ1) is 17.6. The molecule has 0 saturated heterocycles. The van der Waals surface area contributed by atoms with E-state index < -0.39 is 11.7 Å². The Hall–Kier alpha value is -1.79. The van der Waals surface area contributed by atoms with E-state index in [1.54, 1.807) is 0 Å². The zero-order valence-electron chi connectivity index (χ0n) is 11.6. The average Bonchev–Trinajstić information content (AvgIpc) is 2.49. The van der Waals surface area contributed by atoms with Gasteiger partial charge in [-0.2, -0.15) is 18.3 Å². The molecule has 23 heavy (non-hydrogen) atoms. The zero-order chi connectivity index (χ0) is 16.9. The van der Waals surface area contributed by atoms with Gasteiger partial charge in [0.1, 0.15) is 0 Å². The SMILES string of the molecule is FC(F)(F)c1ccc(Cl)c(NN=CC(Br)=Cc2ccccc2)c1. The van der Waals surface area contributed by atoms with Crippen molar-refractivity contribution in [1.29, 1.82) is 0 Å². The van der Waals surface area contributed by atoms with Crippen LogP contribution in [0.25, 0.3) is 6.08 Å². The lowest BCUT2D eigenvalue weighted by Gasteiger charge is -2.09. The predicted octanol–water partition coefficient (Wildman–Crippen LogP) is 6.19. The first-order chi connectivity index (χ1) is 10.9. The minimum absolute atomic E-state index is 0.0813. The summed E-state index contributed by atoms with van der Waals surface area (Å²) in [6.45, 7) is 0. The predicted molar refractivity (Wildman–Crippen MR) is 91.9 cm³/mol. The number of hydrogen-bond acceptors (Lipinski definition) is 2. The molecule has 0 heterocycles. The molecule has 0 aliphatic heterocycles. The normalized spacial score (nSPS) is 12.7. The highest BCUT2D eigenvalue weighted by Gasteiger charge is 2.30. The van der Waals surface area contributed by atoms with Gasteiger partial charge in [-0.05, 0) is 45.8 Å². The second-order valence-corrected chi connectivity index (χ2v) is 5.83. The first-order valence-electron chi connectivity index (χ1n) is 6.44. The molecule has 7 heteroatoms. The molecule has 0 aliphatic rings. The Bertz CT molecular complexity index is 728. The van der Waals surface area contributed by atoms with E-state index in [0.29, 0.717) is 4.48 Å². The van der Waals surface area contributed by atoms with E-state index >= 15 is 0 Å². The minimum atomic E-state index is -4.43. The van der Waals surface area contributed by atoms with Crippen LogP contribution in [-0.4, -0.2) is 6.21 Å². The highest BCUT2D eigenvalue weighted by Crippen LogP contribution is 2.33. The maximum absolute atomic E-state index is 12.7. The van der Waals surface area contributed by atoms with Crippen molar-refractivity contribution in [3.05, 3.63) is 69.2 Å². The number of halogens is 5. The van der Waals surface area contributed by atoms with Gasteiger partial charge >= 0.3 is 6.18 Å². The lowest BCUT2D eigenvalue weighted by atomic mass is 10.2. The number of hydrazone groups is 1. The second kappa shape index (κ2) is 7.66. The highest BCUT2D eigenvalue weighted by atomic mass is 79.9. The third kappa shape index (κ3) is 5.41. The smallest absolute Gasteiger partial charge is 0.277 e. The summed E-state index contributed by atoms with van der Waals surface area (Å²) >= 11 is 9.17. The van der Waals surface area contributed by atoms with Crippen molar-refractivity contribution in [2.24, 2.45) is 5.10 Å². The van der Waals surface area contributed by atoms with Crippen LogP contribution in [0.3, 0.4) is 0 Å². The molecule has 2 aromatic rings. The molecule has 0 aromatic heterocycles. The molecule has 0 bridgehead atoms. The Labute approximate surface area is 144 Å². The number of nitrogens with one attached hydrogen (secondary N) is 1. The van der Waals surface area contributed by atoms with Gasteiger partial charge in [-0.3, -0.25) is 5.43 Å². The van der Waals surface area contributed by atoms with Gasteiger partial charge in [0.05, 0.1) is 22.5 Å². The summed E-state index contributed by atoms with van der Waals surface area (Å²) in [5.74, 6) is 0. The van der Waals surface area contributed by atoms with E-state index in [2.05, 4.69) is 26.5 Å². The van der Waals surface area contributed by atoms with E-state index in [1.165, 1.54) is 12.3 Å². The molecule has 0 atom stereocenters. The lowest BCUT2D eigenvalue weighted by Crippen LogP contribution is -2.05. The van der Waals surface area contributed by atoms with Gasteiger partial charge in [0.2, 0.25) is 0 Å². The molecule has 0 radical (unpaired) electrons. The maximum atomic E-state index is 12.7. The summed E-state index contributed by atoms with van der Waals surface area (Å²) in [4.78, 5) is 0. The van der Waals surface area contributed by atoms with Crippen LogP contribution in [0, 0.1) is 0 Å². The number of rotatable bonds is 4. The number of anilines is 1. The van der Waals surface area contributed by atoms with Gasteiger partial charge in [-0.1, -0.05) is 41.9 Å². The van der Waals surface area contributed by atoms with Crippen LogP contribution >= 0.6 is 27.5 Å². The van der Waals surface area contributed by atoms with E-state index in [1.807, 2.05) is 36.4 Å². The van der Waals surface area contributed by atoms with Crippen LogP contribution in [0.2, 0.25) is 5.02 Å². The molecule has 0 fully saturated rings. The van der Waals surface area contributed by atoms with Crippen LogP contribution < -0.4 is 5.43 Å². The Kier molecular flexibility index (Phi) is 5.85. The number of hydrogen-bond donors (Lipinski definition) is 1. The molecule has 2 aromatic carbocycles. The third-order valence-electron chi connectivity index (χ3n) is 2.77. The number of nitrogens with zero attached hydrogens (tertiary/aromatic N) is 1. The van der Waals surface area contributed by atoms with Gasteiger partial charge in [-0.15, -0.1) is 0 Å². The van der Waals surface area contributed by atoms with Crippen LogP contribution in [0.5, 0.6) is 0 Å². The van der Waals surface area contributed by atoms with Crippen molar-refractivity contribution < 1.29 is 13.2 Å². The second-order valence-electron chi connectivity index (χ2n) is 4.50. The van der Waals surface area contributed by atoms with E-state index in [9.17, 15) is 13.2 Å². The summed E-state index contributed by atoms with van der Waals surface area (Å²) in [6.07, 6.45) is -1.18. The van der Waals surface area contributed by atoms with Crippen LogP contribution in [0.4, 0.5) is 18.9 Å². The molecule has 120 valence electrons. The van der Waals surface area contributed by atoms with Crippen molar-refractivity contribution in [1.82, 2.24) is 0 Å². The maximum Gasteiger partial charge on any atom is 0.416 e. The molecule has 0 amide bonds. The van der Waals surface area contributed by atoms with Crippen molar-refractivity contribution in [2.45, 2.75) is 6.18 Å². The van der Waals surface area contributed by atoms with Crippen LogP contribution in [0.1, 0.15) is 11.1 Å². The molecule has 2 nitrogen and oxygen atoms in total. The van der Waals surface area contributed by atoms with Gasteiger partial charge in [0, 0.05) is 4.48 Å². The molecule has 0 spiro atoms. The Morgan fingerprint density at radius 3 is 2.48 bits per heavy atom. The molecular weight excluding hydrogens is 393 g/mol. The van der Waals surface area contributed by atoms with Crippen molar-refractivity contribution >= 4 is 45.5 Å². The molecule has 0 saturated carbocycles. The molecular formula is C16H11BrClF3N2. The fraction of sp³-hybridized carbons (Fsp3) is 0.0625. The first-order valence-corrected chi connectivity index (χ1v) is 7.61. The zero-order valence-corrected chi connectivity index (χ0v) is 14.0. The number of benzene rings is 2. The van der Waals surface area contributed by atoms with E-state index in [0.717, 1.165) is 17.7 Å². The highest BCUT2D eigenvalue weighted by molar-refractivity contribution is 9.12.